The molecule has 31 heavy (non-hydrogen) atoms. The van der Waals surface area contributed by atoms with Crippen molar-refractivity contribution in [3.8, 4) is 5.75 Å². The fourth-order valence-corrected chi connectivity index (χ4v) is 4.50. The summed E-state index contributed by atoms with van der Waals surface area (Å²) in [5.74, 6) is -0.631. The molecule has 1 spiro atoms. The number of ether oxygens (including phenoxy) is 3. The second kappa shape index (κ2) is 8.33. The molecule has 5 nitrogen and oxygen atoms in total. The van der Waals surface area contributed by atoms with Crippen molar-refractivity contribution in [3.05, 3.63) is 71.8 Å². The van der Waals surface area contributed by atoms with Crippen LogP contribution in [0, 0.1) is 0 Å². The molecule has 3 aromatic rings. The topological polar surface area (TPSA) is 48.0 Å². The number of unbranched alkanes of at least 4 members (excludes halogenated alkanes) is 1. The molecule has 0 aromatic heterocycles. The van der Waals surface area contributed by atoms with Crippen molar-refractivity contribution in [1.82, 2.24) is 0 Å². The Kier molecular flexibility index (Phi) is 5.38. The van der Waals surface area contributed by atoms with E-state index in [-0.39, 0.29) is 5.91 Å². The number of benzene rings is 3. The molecule has 2 heterocycles. The van der Waals surface area contributed by atoms with Gasteiger partial charge in [-0.25, -0.2) is 0 Å². The number of nitrogens with zero attached hydrogens (tertiary/aromatic N) is 1. The smallest absolute Gasteiger partial charge is 0.292 e. The predicted octanol–water partition coefficient (Wildman–Crippen LogP) is 4.81. The van der Waals surface area contributed by atoms with E-state index in [1.54, 1.807) is 4.90 Å². The molecule has 5 heteroatoms. The Morgan fingerprint density at radius 3 is 2.68 bits per heavy atom. The Morgan fingerprint density at radius 2 is 1.84 bits per heavy atom. The summed E-state index contributed by atoms with van der Waals surface area (Å²) in [6.45, 7) is 3.83. The van der Waals surface area contributed by atoms with Gasteiger partial charge in [-0.2, -0.15) is 0 Å². The first kappa shape index (κ1) is 20.0. The maximum absolute atomic E-state index is 13.4. The zero-order valence-corrected chi connectivity index (χ0v) is 17.8. The number of carbonyl (C=O) groups is 1. The van der Waals surface area contributed by atoms with Crippen LogP contribution >= 0.6 is 0 Å². The van der Waals surface area contributed by atoms with Crippen LogP contribution in [0.2, 0.25) is 0 Å². The molecule has 1 amide bonds. The van der Waals surface area contributed by atoms with E-state index >= 15 is 0 Å². The van der Waals surface area contributed by atoms with Crippen LogP contribution in [0.4, 0.5) is 5.69 Å². The highest BCUT2D eigenvalue weighted by Gasteiger charge is 2.56. The Labute approximate surface area is 182 Å². The molecule has 1 saturated heterocycles. The molecule has 0 bridgehead atoms. The molecule has 0 aliphatic carbocycles. The van der Waals surface area contributed by atoms with Crippen molar-refractivity contribution >= 4 is 22.4 Å². The molecule has 3 aromatic carbocycles. The Hall–Kier alpha value is -2.89. The summed E-state index contributed by atoms with van der Waals surface area (Å²) in [5, 5.41) is 2.20. The number of anilines is 1. The normalized spacial score (nSPS) is 16.9. The van der Waals surface area contributed by atoms with E-state index in [1.165, 1.54) is 5.56 Å². The quantitative estimate of drug-likeness (QED) is 0.554. The Balaban J connectivity index is 1.38. The van der Waals surface area contributed by atoms with Crippen LogP contribution in [0.15, 0.2) is 60.7 Å². The lowest BCUT2D eigenvalue weighted by Gasteiger charge is -2.22. The van der Waals surface area contributed by atoms with Crippen LogP contribution < -0.4 is 9.64 Å². The third-order valence-corrected chi connectivity index (χ3v) is 6.07. The number of carbonyl (C=O) groups excluding carboxylic acids is 1. The van der Waals surface area contributed by atoms with Gasteiger partial charge in [-0.3, -0.25) is 4.79 Å². The minimum atomic E-state index is -1.29. The minimum absolute atomic E-state index is 0.158. The van der Waals surface area contributed by atoms with Gasteiger partial charge in [0, 0.05) is 10.9 Å². The predicted molar refractivity (Wildman–Crippen MR) is 120 cm³/mol. The first-order valence-corrected chi connectivity index (χ1v) is 11.1. The van der Waals surface area contributed by atoms with E-state index in [4.69, 9.17) is 14.2 Å². The molecular weight excluding hydrogens is 390 g/mol. The highest BCUT2D eigenvalue weighted by Crippen LogP contribution is 2.46. The SMILES string of the molecule is CCCCc1ccc2c(c1)C1(OCCO1)C(=O)N2CCOc1cccc2ccccc12. The average Bonchev–Trinajstić information content (AvgIpc) is 3.38. The van der Waals surface area contributed by atoms with E-state index in [0.29, 0.717) is 26.4 Å². The highest BCUT2D eigenvalue weighted by atomic mass is 16.7. The van der Waals surface area contributed by atoms with Crippen LogP contribution in [-0.4, -0.2) is 32.3 Å². The third-order valence-electron chi connectivity index (χ3n) is 6.07. The van der Waals surface area contributed by atoms with Gasteiger partial charge in [-0.15, -0.1) is 0 Å². The van der Waals surface area contributed by atoms with Crippen LogP contribution in [0.1, 0.15) is 30.9 Å². The van der Waals surface area contributed by atoms with E-state index in [2.05, 4.69) is 31.2 Å². The van der Waals surface area contributed by atoms with Gasteiger partial charge in [0.1, 0.15) is 12.4 Å². The Bertz CT molecular complexity index is 1100. The van der Waals surface area contributed by atoms with E-state index < -0.39 is 5.79 Å². The summed E-state index contributed by atoms with van der Waals surface area (Å²) in [6.07, 6.45) is 3.23. The lowest BCUT2D eigenvalue weighted by atomic mass is 10.0. The average molecular weight is 418 g/mol. The van der Waals surface area contributed by atoms with Crippen molar-refractivity contribution in [2.24, 2.45) is 0 Å². The molecule has 5 rings (SSSR count). The molecule has 0 unspecified atom stereocenters. The van der Waals surface area contributed by atoms with Gasteiger partial charge in [-0.05, 0) is 42.0 Å². The van der Waals surface area contributed by atoms with Crippen LogP contribution in [0.25, 0.3) is 10.8 Å². The molecule has 2 aliphatic rings. The maximum Gasteiger partial charge on any atom is 0.292 e. The van der Waals surface area contributed by atoms with Crippen LogP contribution in [0.3, 0.4) is 0 Å². The molecule has 160 valence electrons. The first-order valence-electron chi connectivity index (χ1n) is 11.1. The second-order valence-corrected chi connectivity index (χ2v) is 8.05. The van der Waals surface area contributed by atoms with Gasteiger partial charge in [0.25, 0.3) is 11.7 Å². The largest absolute Gasteiger partial charge is 0.491 e. The van der Waals surface area contributed by atoms with Gasteiger partial charge in [0.05, 0.1) is 25.4 Å². The fourth-order valence-electron chi connectivity index (χ4n) is 4.50. The lowest BCUT2D eigenvalue weighted by molar-refractivity contribution is -0.180. The van der Waals surface area contributed by atoms with Crippen molar-refractivity contribution in [3.63, 3.8) is 0 Å². The molecule has 2 aliphatic heterocycles. The molecule has 0 saturated carbocycles. The van der Waals surface area contributed by atoms with E-state index in [0.717, 1.165) is 47.0 Å². The fraction of sp³-hybridized carbons (Fsp3) is 0.346. The summed E-state index contributed by atoms with van der Waals surface area (Å²) in [6, 6.07) is 20.4. The van der Waals surface area contributed by atoms with Crippen molar-refractivity contribution < 1.29 is 19.0 Å². The number of fused-ring (bicyclic) bond motifs is 3. The van der Waals surface area contributed by atoms with Crippen molar-refractivity contribution in [2.75, 3.05) is 31.3 Å². The van der Waals surface area contributed by atoms with Gasteiger partial charge in [0.15, 0.2) is 0 Å². The molecular formula is C26H27NO4. The van der Waals surface area contributed by atoms with Gasteiger partial charge in [0.2, 0.25) is 0 Å². The summed E-state index contributed by atoms with van der Waals surface area (Å²) in [7, 11) is 0. The number of hydrogen-bond donors (Lipinski definition) is 0. The number of amides is 1. The van der Waals surface area contributed by atoms with E-state index in [9.17, 15) is 4.79 Å². The van der Waals surface area contributed by atoms with Gasteiger partial charge >= 0.3 is 0 Å². The summed E-state index contributed by atoms with van der Waals surface area (Å²) >= 11 is 0. The van der Waals surface area contributed by atoms with Crippen LogP contribution in [0.5, 0.6) is 5.75 Å². The minimum Gasteiger partial charge on any atom is -0.491 e. The number of hydrogen-bond acceptors (Lipinski definition) is 4. The first-order chi connectivity index (χ1) is 15.2. The summed E-state index contributed by atoms with van der Waals surface area (Å²) in [4.78, 5) is 15.1. The van der Waals surface area contributed by atoms with Gasteiger partial charge < -0.3 is 19.1 Å². The zero-order valence-electron chi connectivity index (χ0n) is 17.8. The highest BCUT2D eigenvalue weighted by molar-refractivity contribution is 6.06. The summed E-state index contributed by atoms with van der Waals surface area (Å²) < 4.78 is 17.9. The summed E-state index contributed by atoms with van der Waals surface area (Å²) in [5.41, 5.74) is 2.89. The molecule has 0 N–H and O–H groups in total. The number of rotatable bonds is 7. The monoisotopic (exact) mass is 417 g/mol. The third kappa shape index (κ3) is 3.48. The zero-order chi connectivity index (χ0) is 21.3. The molecule has 0 atom stereocenters. The maximum atomic E-state index is 13.4. The van der Waals surface area contributed by atoms with Gasteiger partial charge in [-0.1, -0.05) is 55.8 Å². The van der Waals surface area contributed by atoms with Crippen molar-refractivity contribution in [2.45, 2.75) is 32.0 Å². The van der Waals surface area contributed by atoms with Crippen molar-refractivity contribution in [1.29, 1.82) is 0 Å². The Morgan fingerprint density at radius 1 is 1.03 bits per heavy atom. The number of aryl methyl sites for hydroxylation is 1. The molecule has 1 fully saturated rings. The van der Waals surface area contributed by atoms with Crippen LogP contribution in [-0.2, 0) is 26.5 Å². The molecule has 0 radical (unpaired) electrons. The standard InChI is InChI=1S/C26H27NO4/c1-2-3-7-19-12-13-23-22(18-19)26(30-16-17-31-26)25(28)27(23)14-15-29-24-11-6-9-20-8-4-5-10-21(20)24/h4-6,8-13,18H,2-3,7,14-17H2,1H3. The van der Waals surface area contributed by atoms with E-state index in [1.807, 2.05) is 36.4 Å². The second-order valence-electron chi connectivity index (χ2n) is 8.05. The lowest BCUT2D eigenvalue weighted by Crippen LogP contribution is -2.42.